The molecule has 23 heavy (non-hydrogen) atoms. The van der Waals surface area contributed by atoms with Crippen molar-refractivity contribution in [3.05, 3.63) is 41.1 Å². The molecule has 0 fully saturated rings. The van der Waals surface area contributed by atoms with Crippen molar-refractivity contribution in [1.29, 1.82) is 0 Å². The van der Waals surface area contributed by atoms with E-state index in [1.54, 1.807) is 6.33 Å². The molecular weight excluding hydrogens is 288 g/mol. The molecule has 0 atom stereocenters. The first-order chi connectivity index (χ1) is 11.1. The number of aromatic amines is 1. The lowest BCUT2D eigenvalue weighted by Crippen LogP contribution is -2.19. The summed E-state index contributed by atoms with van der Waals surface area (Å²) in [5.74, 6) is 0.895. The molecule has 3 aromatic rings. The third kappa shape index (κ3) is 3.16. The first-order valence-electron chi connectivity index (χ1n) is 7.91. The number of pyridine rings is 1. The van der Waals surface area contributed by atoms with E-state index in [-0.39, 0.29) is 0 Å². The summed E-state index contributed by atoms with van der Waals surface area (Å²) < 4.78 is 0. The van der Waals surface area contributed by atoms with Crippen LogP contribution in [0.5, 0.6) is 0 Å². The molecule has 0 spiro atoms. The smallest absolute Gasteiger partial charge is 0.165 e. The van der Waals surface area contributed by atoms with Gasteiger partial charge >= 0.3 is 0 Å². The number of nitrogens with zero attached hydrogens (tertiary/aromatic N) is 5. The summed E-state index contributed by atoms with van der Waals surface area (Å²) in [5.41, 5.74) is 5.05. The molecule has 3 rings (SSSR count). The number of rotatable bonds is 5. The van der Waals surface area contributed by atoms with Crippen LogP contribution in [0.1, 0.15) is 36.0 Å². The summed E-state index contributed by atoms with van der Waals surface area (Å²) in [6.07, 6.45) is 3.68. The lowest BCUT2D eigenvalue weighted by Gasteiger charge is -2.19. The summed E-state index contributed by atoms with van der Waals surface area (Å²) in [4.78, 5) is 15.4. The number of H-pyrrole nitrogens is 1. The molecule has 0 aliphatic carbocycles. The van der Waals surface area contributed by atoms with E-state index >= 15 is 0 Å². The second kappa shape index (κ2) is 6.32. The quantitative estimate of drug-likeness (QED) is 0.784. The van der Waals surface area contributed by atoms with Gasteiger partial charge in [-0.1, -0.05) is 13.3 Å². The van der Waals surface area contributed by atoms with E-state index in [1.165, 1.54) is 0 Å². The predicted molar refractivity (Wildman–Crippen MR) is 91.5 cm³/mol. The number of aromatic nitrogens is 5. The van der Waals surface area contributed by atoms with Crippen LogP contribution in [-0.4, -0.2) is 32.2 Å². The Morgan fingerprint density at radius 1 is 1.17 bits per heavy atom. The molecule has 3 heterocycles. The number of nitrogens with one attached hydrogen (secondary N) is 1. The molecule has 1 N–H and O–H groups in total. The van der Waals surface area contributed by atoms with Crippen molar-refractivity contribution >= 4 is 16.9 Å². The van der Waals surface area contributed by atoms with Crippen molar-refractivity contribution in [2.75, 3.05) is 11.9 Å². The van der Waals surface area contributed by atoms with Crippen molar-refractivity contribution < 1.29 is 0 Å². The van der Waals surface area contributed by atoms with Gasteiger partial charge in [0.05, 0.1) is 23.3 Å². The minimum Gasteiger partial charge on any atom is -0.353 e. The molecule has 0 aliphatic heterocycles. The van der Waals surface area contributed by atoms with Gasteiger partial charge in [0.15, 0.2) is 5.65 Å². The van der Waals surface area contributed by atoms with Gasteiger partial charge in [-0.2, -0.15) is 5.10 Å². The average molecular weight is 310 g/mol. The van der Waals surface area contributed by atoms with Gasteiger partial charge in [0.25, 0.3) is 0 Å². The number of fused-ring (bicyclic) bond motifs is 1. The van der Waals surface area contributed by atoms with Crippen molar-refractivity contribution in [2.24, 2.45) is 0 Å². The molecule has 0 saturated carbocycles. The van der Waals surface area contributed by atoms with Crippen LogP contribution < -0.4 is 4.90 Å². The predicted octanol–water partition coefficient (Wildman–Crippen LogP) is 2.95. The SMILES string of the molecule is CCCc1cc(CN(C)c2ncnc3nc(C)cc(C)c23)[nH]n1. The van der Waals surface area contributed by atoms with Crippen LogP contribution in [0, 0.1) is 13.8 Å². The van der Waals surface area contributed by atoms with Gasteiger partial charge in [-0.25, -0.2) is 15.0 Å². The highest BCUT2D eigenvalue weighted by Crippen LogP contribution is 2.25. The molecule has 0 radical (unpaired) electrons. The molecule has 6 nitrogen and oxygen atoms in total. The molecule has 0 aliphatic rings. The first kappa shape index (κ1) is 15.4. The maximum absolute atomic E-state index is 4.52. The van der Waals surface area contributed by atoms with Gasteiger partial charge in [-0.3, -0.25) is 5.10 Å². The lowest BCUT2D eigenvalue weighted by atomic mass is 10.1. The van der Waals surface area contributed by atoms with Gasteiger partial charge in [-0.15, -0.1) is 0 Å². The highest BCUT2D eigenvalue weighted by atomic mass is 15.2. The van der Waals surface area contributed by atoms with E-state index in [0.29, 0.717) is 0 Å². The topological polar surface area (TPSA) is 70.6 Å². The van der Waals surface area contributed by atoms with E-state index in [1.807, 2.05) is 14.0 Å². The van der Waals surface area contributed by atoms with Crippen LogP contribution in [0.4, 0.5) is 5.82 Å². The summed E-state index contributed by atoms with van der Waals surface area (Å²) >= 11 is 0. The standard InChI is InChI=1S/C17H22N6/c1-5-6-13-8-14(22-21-13)9-23(4)17-15-11(2)7-12(3)20-16(15)18-10-19-17/h7-8,10H,5-6,9H2,1-4H3,(H,21,22). The highest BCUT2D eigenvalue weighted by molar-refractivity contribution is 5.89. The van der Waals surface area contributed by atoms with E-state index in [2.05, 4.69) is 56.0 Å². The molecule has 0 bridgehead atoms. The third-order valence-electron chi connectivity index (χ3n) is 3.87. The van der Waals surface area contributed by atoms with Crippen LogP contribution in [-0.2, 0) is 13.0 Å². The van der Waals surface area contributed by atoms with Crippen LogP contribution in [0.25, 0.3) is 11.0 Å². The fraction of sp³-hybridized carbons (Fsp3) is 0.412. The van der Waals surface area contributed by atoms with Crippen molar-refractivity contribution in [3.8, 4) is 0 Å². The second-order valence-corrected chi connectivity index (χ2v) is 5.97. The Hall–Kier alpha value is -2.50. The van der Waals surface area contributed by atoms with Gasteiger partial charge in [-0.05, 0) is 38.0 Å². The number of hydrogen-bond acceptors (Lipinski definition) is 5. The summed E-state index contributed by atoms with van der Waals surface area (Å²) in [5, 5.41) is 8.47. The van der Waals surface area contributed by atoms with Crippen LogP contribution >= 0.6 is 0 Å². The molecular formula is C17H22N6. The zero-order valence-corrected chi connectivity index (χ0v) is 14.1. The van der Waals surface area contributed by atoms with Crippen molar-refractivity contribution in [2.45, 2.75) is 40.2 Å². The monoisotopic (exact) mass is 310 g/mol. The Morgan fingerprint density at radius 2 is 2.00 bits per heavy atom. The molecule has 3 aromatic heterocycles. The molecule has 0 amide bonds. The highest BCUT2D eigenvalue weighted by Gasteiger charge is 2.13. The molecule has 6 heteroatoms. The van der Waals surface area contributed by atoms with E-state index in [4.69, 9.17) is 0 Å². The Morgan fingerprint density at radius 3 is 2.78 bits per heavy atom. The Balaban J connectivity index is 1.92. The van der Waals surface area contributed by atoms with Gasteiger partial charge in [0.1, 0.15) is 12.1 Å². The van der Waals surface area contributed by atoms with E-state index < -0.39 is 0 Å². The molecule has 0 saturated heterocycles. The summed E-state index contributed by atoms with van der Waals surface area (Å²) in [6, 6.07) is 4.19. The van der Waals surface area contributed by atoms with Crippen LogP contribution in [0.15, 0.2) is 18.5 Å². The van der Waals surface area contributed by atoms with Gasteiger partial charge in [0.2, 0.25) is 0 Å². The lowest BCUT2D eigenvalue weighted by molar-refractivity contribution is 0.839. The first-order valence-corrected chi connectivity index (χ1v) is 7.91. The van der Waals surface area contributed by atoms with Crippen molar-refractivity contribution in [3.63, 3.8) is 0 Å². The molecule has 0 unspecified atom stereocenters. The fourth-order valence-corrected chi connectivity index (χ4v) is 2.88. The third-order valence-corrected chi connectivity index (χ3v) is 3.87. The minimum atomic E-state index is 0.718. The fourth-order valence-electron chi connectivity index (χ4n) is 2.88. The average Bonchev–Trinajstić information content (AvgIpc) is 2.93. The second-order valence-electron chi connectivity index (χ2n) is 5.97. The molecule has 0 aromatic carbocycles. The zero-order chi connectivity index (χ0) is 16.4. The number of anilines is 1. The van der Waals surface area contributed by atoms with Crippen LogP contribution in [0.2, 0.25) is 0 Å². The normalized spacial score (nSPS) is 11.1. The summed E-state index contributed by atoms with van der Waals surface area (Å²) in [7, 11) is 2.03. The molecule has 120 valence electrons. The zero-order valence-electron chi connectivity index (χ0n) is 14.1. The Kier molecular flexibility index (Phi) is 4.23. The Bertz CT molecular complexity index is 823. The van der Waals surface area contributed by atoms with Crippen LogP contribution in [0.3, 0.4) is 0 Å². The van der Waals surface area contributed by atoms with E-state index in [9.17, 15) is 0 Å². The van der Waals surface area contributed by atoms with E-state index in [0.717, 1.165) is 58.9 Å². The summed E-state index contributed by atoms with van der Waals surface area (Å²) in [6.45, 7) is 6.94. The maximum Gasteiger partial charge on any atom is 0.165 e. The Labute approximate surface area is 136 Å². The number of aryl methyl sites for hydroxylation is 3. The van der Waals surface area contributed by atoms with Crippen molar-refractivity contribution in [1.82, 2.24) is 25.1 Å². The maximum atomic E-state index is 4.52. The number of hydrogen-bond donors (Lipinski definition) is 1. The van der Waals surface area contributed by atoms with Gasteiger partial charge in [0, 0.05) is 12.7 Å². The van der Waals surface area contributed by atoms with Gasteiger partial charge < -0.3 is 4.90 Å². The minimum absolute atomic E-state index is 0.718. The largest absolute Gasteiger partial charge is 0.353 e.